The number of carbonyl (C=O) groups is 2. The van der Waals surface area contributed by atoms with Gasteiger partial charge in [-0.15, -0.1) is 0 Å². The summed E-state index contributed by atoms with van der Waals surface area (Å²) in [6, 6.07) is 6.04. The van der Waals surface area contributed by atoms with Gasteiger partial charge in [0.15, 0.2) is 5.78 Å². The highest BCUT2D eigenvalue weighted by Gasteiger charge is 2.13. The van der Waals surface area contributed by atoms with E-state index in [4.69, 9.17) is 5.11 Å². The predicted molar refractivity (Wildman–Crippen MR) is 55.5 cm³/mol. The maximum atomic E-state index is 11.1. The van der Waals surface area contributed by atoms with Gasteiger partial charge < -0.3 is 10.4 Å². The molecule has 15 heavy (non-hydrogen) atoms. The lowest BCUT2D eigenvalue weighted by Crippen LogP contribution is -2.36. The van der Waals surface area contributed by atoms with Gasteiger partial charge in [-0.25, -0.2) is 0 Å². The van der Waals surface area contributed by atoms with Gasteiger partial charge in [0.25, 0.3) is 0 Å². The molecule has 1 aromatic rings. The fourth-order valence-corrected chi connectivity index (χ4v) is 1.27. The summed E-state index contributed by atoms with van der Waals surface area (Å²) < 4.78 is 0. The van der Waals surface area contributed by atoms with Crippen LogP contribution in [-0.4, -0.2) is 23.3 Å². The summed E-state index contributed by atoms with van der Waals surface area (Å²) in [4.78, 5) is 21.4. The molecule has 0 aliphatic rings. The van der Waals surface area contributed by atoms with Crippen LogP contribution in [0.15, 0.2) is 24.3 Å². The van der Waals surface area contributed by atoms with E-state index in [1.54, 1.807) is 24.3 Å². The third-order valence-electron chi connectivity index (χ3n) is 2.14. The third kappa shape index (κ3) is 3.42. The third-order valence-corrected chi connectivity index (χ3v) is 2.14. The van der Waals surface area contributed by atoms with Crippen LogP contribution in [0.1, 0.15) is 12.5 Å². The highest BCUT2D eigenvalue weighted by molar-refractivity contribution is 5.83. The molecule has 0 aliphatic heterocycles. The van der Waals surface area contributed by atoms with Crippen molar-refractivity contribution in [2.75, 3.05) is 0 Å². The van der Waals surface area contributed by atoms with Gasteiger partial charge in [0.05, 0.1) is 6.04 Å². The van der Waals surface area contributed by atoms with Gasteiger partial charge in [-0.1, -0.05) is 12.1 Å². The number of rotatable bonds is 5. The van der Waals surface area contributed by atoms with E-state index in [1.807, 2.05) is 0 Å². The van der Waals surface area contributed by atoms with E-state index >= 15 is 0 Å². The molecule has 0 aliphatic carbocycles. The van der Waals surface area contributed by atoms with E-state index in [9.17, 15) is 9.59 Å². The maximum absolute atomic E-state index is 11.1. The van der Waals surface area contributed by atoms with Gasteiger partial charge in [0, 0.05) is 0 Å². The fourth-order valence-electron chi connectivity index (χ4n) is 1.27. The van der Waals surface area contributed by atoms with Crippen molar-refractivity contribution in [2.45, 2.75) is 19.4 Å². The smallest absolute Gasteiger partial charge is 0.207 e. The molecule has 0 spiro atoms. The van der Waals surface area contributed by atoms with Gasteiger partial charge in [-0.2, -0.15) is 0 Å². The molecule has 0 bridgehead atoms. The first-order valence-corrected chi connectivity index (χ1v) is 4.61. The normalized spacial score (nSPS) is 11.8. The van der Waals surface area contributed by atoms with Gasteiger partial charge in [0.2, 0.25) is 6.41 Å². The van der Waals surface area contributed by atoms with Crippen LogP contribution in [0, 0.1) is 0 Å². The lowest BCUT2D eigenvalue weighted by molar-refractivity contribution is -0.121. The fraction of sp³-hybridized carbons (Fsp3) is 0.273. The van der Waals surface area contributed by atoms with Crippen LogP contribution in [0.3, 0.4) is 0 Å². The van der Waals surface area contributed by atoms with Crippen molar-refractivity contribution in [3.8, 4) is 5.75 Å². The molecule has 1 unspecified atom stereocenters. The Kier molecular flexibility index (Phi) is 3.85. The Morgan fingerprint density at radius 2 is 2.07 bits per heavy atom. The number of aromatic hydroxyl groups is 1. The van der Waals surface area contributed by atoms with Gasteiger partial charge in [-0.05, 0) is 31.0 Å². The number of nitrogens with one attached hydrogen (secondary N) is 1. The molecule has 1 aromatic carbocycles. The lowest BCUT2D eigenvalue weighted by Gasteiger charge is -2.12. The van der Waals surface area contributed by atoms with E-state index in [1.165, 1.54) is 6.92 Å². The zero-order valence-electron chi connectivity index (χ0n) is 8.43. The summed E-state index contributed by atoms with van der Waals surface area (Å²) in [6.45, 7) is 1.43. The van der Waals surface area contributed by atoms with E-state index in [2.05, 4.69) is 5.32 Å². The minimum Gasteiger partial charge on any atom is -0.508 e. The average Bonchev–Trinajstić information content (AvgIpc) is 2.20. The molecule has 1 rings (SSSR count). The quantitative estimate of drug-likeness (QED) is 0.696. The van der Waals surface area contributed by atoms with Crippen molar-refractivity contribution in [1.82, 2.24) is 5.32 Å². The van der Waals surface area contributed by atoms with Crippen LogP contribution >= 0.6 is 0 Å². The summed E-state index contributed by atoms with van der Waals surface area (Å²) in [5, 5.41) is 11.5. The first-order chi connectivity index (χ1) is 7.13. The highest BCUT2D eigenvalue weighted by Crippen LogP contribution is 2.11. The van der Waals surface area contributed by atoms with E-state index in [0.29, 0.717) is 12.8 Å². The summed E-state index contributed by atoms with van der Waals surface area (Å²) in [5.41, 5.74) is 0.891. The number of phenolic OH excluding ortho intramolecular Hbond substituents is 1. The standard InChI is InChI=1S/C11H13NO3/c1-8(14)11(12-7-13)6-9-2-4-10(15)5-3-9/h2-5,7,11,15H,6H2,1H3,(H,12,13). The topological polar surface area (TPSA) is 66.4 Å². The van der Waals surface area contributed by atoms with Gasteiger partial charge in [-0.3, -0.25) is 9.59 Å². The number of hydrogen-bond donors (Lipinski definition) is 2. The van der Waals surface area contributed by atoms with Crippen molar-refractivity contribution in [1.29, 1.82) is 0 Å². The molecule has 4 nitrogen and oxygen atoms in total. The van der Waals surface area contributed by atoms with Crippen molar-refractivity contribution in [2.24, 2.45) is 0 Å². The average molecular weight is 207 g/mol. The first kappa shape index (κ1) is 11.2. The predicted octanol–water partition coefficient (Wildman–Crippen LogP) is 0.638. The zero-order valence-corrected chi connectivity index (χ0v) is 8.43. The molecule has 1 amide bonds. The second-order valence-electron chi connectivity index (χ2n) is 3.32. The van der Waals surface area contributed by atoms with E-state index in [-0.39, 0.29) is 11.5 Å². The minimum absolute atomic E-state index is 0.0878. The van der Waals surface area contributed by atoms with Crippen molar-refractivity contribution < 1.29 is 14.7 Å². The molecule has 4 heteroatoms. The van der Waals surface area contributed by atoms with E-state index < -0.39 is 6.04 Å². The van der Waals surface area contributed by atoms with Crippen molar-refractivity contribution in [3.05, 3.63) is 29.8 Å². The van der Waals surface area contributed by atoms with Crippen molar-refractivity contribution in [3.63, 3.8) is 0 Å². The monoisotopic (exact) mass is 207 g/mol. The van der Waals surface area contributed by atoms with Crippen LogP contribution in [0.4, 0.5) is 0 Å². The lowest BCUT2D eigenvalue weighted by atomic mass is 10.0. The number of carbonyl (C=O) groups excluding carboxylic acids is 2. The van der Waals surface area contributed by atoms with Crippen LogP contribution in [0.2, 0.25) is 0 Å². The molecule has 1 atom stereocenters. The second-order valence-corrected chi connectivity index (χ2v) is 3.32. The number of benzene rings is 1. The van der Waals surface area contributed by atoms with Crippen LogP contribution < -0.4 is 5.32 Å². The summed E-state index contributed by atoms with van der Waals surface area (Å²) in [7, 11) is 0. The molecular weight excluding hydrogens is 194 g/mol. The number of Topliss-reactive ketones (excluding diaryl/α,β-unsaturated/α-hetero) is 1. The largest absolute Gasteiger partial charge is 0.508 e. The Bertz CT molecular complexity index is 345. The SMILES string of the molecule is CC(=O)C(Cc1ccc(O)cc1)NC=O. The molecule has 2 N–H and O–H groups in total. The molecular formula is C11H13NO3. The Morgan fingerprint density at radius 1 is 1.47 bits per heavy atom. The Balaban J connectivity index is 2.69. The second kappa shape index (κ2) is 5.14. The summed E-state index contributed by atoms with van der Waals surface area (Å²) in [5.74, 6) is 0.0941. The molecule has 0 radical (unpaired) electrons. The number of hydrogen-bond acceptors (Lipinski definition) is 3. The molecule has 0 aromatic heterocycles. The van der Waals surface area contributed by atoms with Crippen molar-refractivity contribution >= 4 is 12.2 Å². The maximum Gasteiger partial charge on any atom is 0.207 e. The number of amides is 1. The molecule has 0 saturated heterocycles. The Labute approximate surface area is 87.9 Å². The van der Waals surface area contributed by atoms with Crippen LogP contribution in [-0.2, 0) is 16.0 Å². The highest BCUT2D eigenvalue weighted by atomic mass is 16.3. The molecule has 0 fully saturated rings. The Morgan fingerprint density at radius 3 is 2.53 bits per heavy atom. The summed E-state index contributed by atoms with van der Waals surface area (Å²) in [6.07, 6.45) is 0.959. The molecule has 0 heterocycles. The minimum atomic E-state index is -0.493. The zero-order chi connectivity index (χ0) is 11.3. The van der Waals surface area contributed by atoms with Crippen LogP contribution in [0.25, 0.3) is 0 Å². The number of phenols is 1. The van der Waals surface area contributed by atoms with Crippen LogP contribution in [0.5, 0.6) is 5.75 Å². The molecule has 0 saturated carbocycles. The van der Waals surface area contributed by atoms with Gasteiger partial charge in [0.1, 0.15) is 5.75 Å². The number of ketones is 1. The molecule has 80 valence electrons. The Hall–Kier alpha value is -1.84. The van der Waals surface area contributed by atoms with Gasteiger partial charge >= 0.3 is 0 Å². The van der Waals surface area contributed by atoms with E-state index in [0.717, 1.165) is 5.56 Å². The first-order valence-electron chi connectivity index (χ1n) is 4.61. The summed E-state index contributed by atoms with van der Waals surface area (Å²) >= 11 is 0.